The second kappa shape index (κ2) is 2.79. The molecule has 1 saturated heterocycles. The van der Waals surface area contributed by atoms with E-state index in [0.717, 1.165) is 12.1 Å². The molecule has 2 fully saturated rings. The molecule has 0 radical (unpaired) electrons. The van der Waals surface area contributed by atoms with Gasteiger partial charge in [-0.2, -0.15) is 0 Å². The van der Waals surface area contributed by atoms with Crippen LogP contribution in [0.25, 0.3) is 0 Å². The first-order chi connectivity index (χ1) is 7.19. The molecule has 1 aliphatic carbocycles. The summed E-state index contributed by atoms with van der Waals surface area (Å²) in [4.78, 5) is 0. The smallest absolute Gasteiger partial charge is 0.263 e. The van der Waals surface area contributed by atoms with Crippen LogP contribution in [0.4, 0.5) is 8.78 Å². The van der Waals surface area contributed by atoms with Crippen molar-refractivity contribution in [1.29, 1.82) is 0 Å². The van der Waals surface area contributed by atoms with Crippen LogP contribution in [0.3, 0.4) is 0 Å². The van der Waals surface area contributed by atoms with Crippen LogP contribution in [0.1, 0.15) is 12.0 Å². The normalized spacial score (nSPS) is 37.1. The lowest BCUT2D eigenvalue weighted by atomic mass is 9.90. The van der Waals surface area contributed by atoms with E-state index >= 15 is 0 Å². The van der Waals surface area contributed by atoms with Crippen molar-refractivity contribution in [2.24, 2.45) is 5.92 Å². The summed E-state index contributed by atoms with van der Waals surface area (Å²) < 4.78 is 27.6. The Hall–Kier alpha value is -0.960. The van der Waals surface area contributed by atoms with E-state index in [0.29, 0.717) is 13.0 Å². The molecule has 1 heterocycles. The monoisotopic (exact) mass is 209 g/mol. The van der Waals surface area contributed by atoms with Crippen molar-refractivity contribution in [2.45, 2.75) is 17.8 Å². The Morgan fingerprint density at radius 1 is 1.20 bits per heavy atom. The van der Waals surface area contributed by atoms with Gasteiger partial charge < -0.3 is 5.32 Å². The molecule has 3 rings (SSSR count). The minimum atomic E-state index is -2.52. The van der Waals surface area contributed by atoms with Gasteiger partial charge in [0.15, 0.2) is 0 Å². The average Bonchev–Trinajstić information content (AvgIpc) is 2.80. The molecule has 1 aromatic carbocycles. The fourth-order valence-corrected chi connectivity index (χ4v) is 2.96. The second-order valence-electron chi connectivity index (χ2n) is 4.48. The predicted octanol–water partition coefficient (Wildman–Crippen LogP) is 2.18. The van der Waals surface area contributed by atoms with Gasteiger partial charge in [0.2, 0.25) is 0 Å². The topological polar surface area (TPSA) is 12.0 Å². The number of benzene rings is 1. The van der Waals surface area contributed by atoms with E-state index in [4.69, 9.17) is 0 Å². The van der Waals surface area contributed by atoms with Crippen LogP contribution in [0.5, 0.6) is 0 Å². The Bertz CT molecular complexity index is 376. The summed E-state index contributed by atoms with van der Waals surface area (Å²) in [5.74, 6) is -2.97. The second-order valence-corrected chi connectivity index (χ2v) is 4.48. The molecule has 15 heavy (non-hydrogen) atoms. The highest BCUT2D eigenvalue weighted by Crippen LogP contribution is 2.68. The quantitative estimate of drug-likeness (QED) is 0.747. The van der Waals surface area contributed by atoms with Crippen molar-refractivity contribution in [1.82, 2.24) is 5.32 Å². The first kappa shape index (κ1) is 9.28. The molecule has 0 amide bonds. The van der Waals surface area contributed by atoms with E-state index in [2.05, 4.69) is 5.32 Å². The third-order valence-corrected chi connectivity index (χ3v) is 3.85. The molecule has 0 bridgehead atoms. The summed E-state index contributed by atoms with van der Waals surface area (Å²) in [6.07, 6.45) is 0.585. The molecule has 80 valence electrons. The lowest BCUT2D eigenvalue weighted by Crippen LogP contribution is -2.35. The van der Waals surface area contributed by atoms with Gasteiger partial charge in [0, 0.05) is 12.5 Å². The van der Waals surface area contributed by atoms with Gasteiger partial charge in [0.1, 0.15) is 0 Å². The summed E-state index contributed by atoms with van der Waals surface area (Å²) in [5, 5.41) is 3.09. The zero-order valence-corrected chi connectivity index (χ0v) is 8.34. The predicted molar refractivity (Wildman–Crippen MR) is 54.0 cm³/mol. The summed E-state index contributed by atoms with van der Waals surface area (Å²) >= 11 is 0. The molecule has 1 nitrogen and oxygen atoms in total. The highest BCUT2D eigenvalue weighted by molar-refractivity contribution is 5.42. The third-order valence-electron chi connectivity index (χ3n) is 3.85. The Labute approximate surface area is 87.5 Å². The average molecular weight is 209 g/mol. The van der Waals surface area contributed by atoms with E-state index in [1.807, 2.05) is 30.3 Å². The highest BCUT2D eigenvalue weighted by Gasteiger charge is 2.80. The molecule has 1 aliphatic heterocycles. The number of piperidine rings is 1. The first-order valence-electron chi connectivity index (χ1n) is 5.33. The maximum absolute atomic E-state index is 13.8. The molecule has 2 atom stereocenters. The van der Waals surface area contributed by atoms with E-state index in [1.165, 1.54) is 0 Å². The Morgan fingerprint density at radius 2 is 1.93 bits per heavy atom. The Kier molecular flexibility index (Phi) is 1.72. The molecular weight excluding hydrogens is 196 g/mol. The van der Waals surface area contributed by atoms with Gasteiger partial charge in [0.05, 0.1) is 5.41 Å². The van der Waals surface area contributed by atoms with Crippen molar-refractivity contribution in [3.63, 3.8) is 0 Å². The summed E-state index contributed by atoms with van der Waals surface area (Å²) in [6, 6.07) is 9.18. The fourth-order valence-electron chi connectivity index (χ4n) is 2.96. The van der Waals surface area contributed by atoms with Gasteiger partial charge in [-0.05, 0) is 18.5 Å². The van der Waals surface area contributed by atoms with Crippen LogP contribution < -0.4 is 5.32 Å². The SMILES string of the molecule is FC1(F)[C@H]2CCNC[C@@]21c1ccccc1. The molecule has 1 aromatic rings. The van der Waals surface area contributed by atoms with Crippen LogP contribution in [-0.2, 0) is 5.41 Å². The van der Waals surface area contributed by atoms with E-state index in [9.17, 15) is 8.78 Å². The van der Waals surface area contributed by atoms with Crippen LogP contribution >= 0.6 is 0 Å². The van der Waals surface area contributed by atoms with Crippen LogP contribution in [-0.4, -0.2) is 19.0 Å². The third kappa shape index (κ3) is 0.991. The van der Waals surface area contributed by atoms with Crippen molar-refractivity contribution in [3.05, 3.63) is 35.9 Å². The zero-order valence-electron chi connectivity index (χ0n) is 8.34. The number of rotatable bonds is 1. The lowest BCUT2D eigenvalue weighted by Gasteiger charge is -2.21. The van der Waals surface area contributed by atoms with E-state index in [-0.39, 0.29) is 0 Å². The van der Waals surface area contributed by atoms with Crippen molar-refractivity contribution >= 4 is 0 Å². The van der Waals surface area contributed by atoms with Gasteiger partial charge in [-0.15, -0.1) is 0 Å². The number of hydrogen-bond acceptors (Lipinski definition) is 1. The van der Waals surface area contributed by atoms with Crippen LogP contribution in [0, 0.1) is 5.92 Å². The van der Waals surface area contributed by atoms with Gasteiger partial charge in [0.25, 0.3) is 5.92 Å². The van der Waals surface area contributed by atoms with Gasteiger partial charge in [-0.1, -0.05) is 30.3 Å². The van der Waals surface area contributed by atoms with Crippen molar-refractivity contribution in [3.8, 4) is 0 Å². The maximum Gasteiger partial charge on any atom is 0.263 e. The minimum absolute atomic E-state index is 0.411. The molecule has 3 heteroatoms. The van der Waals surface area contributed by atoms with Gasteiger partial charge >= 0.3 is 0 Å². The lowest BCUT2D eigenvalue weighted by molar-refractivity contribution is 0.0787. The van der Waals surface area contributed by atoms with Gasteiger partial charge in [-0.25, -0.2) is 8.78 Å². The van der Waals surface area contributed by atoms with Crippen LogP contribution in [0.2, 0.25) is 0 Å². The number of nitrogens with one attached hydrogen (secondary N) is 1. The summed E-state index contributed by atoms with van der Waals surface area (Å²) in [5.41, 5.74) is -0.126. The fraction of sp³-hybridized carbons (Fsp3) is 0.500. The Balaban J connectivity index is 2.04. The van der Waals surface area contributed by atoms with E-state index in [1.54, 1.807) is 0 Å². The highest BCUT2D eigenvalue weighted by atomic mass is 19.3. The van der Waals surface area contributed by atoms with Gasteiger partial charge in [-0.3, -0.25) is 0 Å². The Morgan fingerprint density at radius 3 is 2.60 bits per heavy atom. The maximum atomic E-state index is 13.8. The number of alkyl halides is 2. The number of fused-ring (bicyclic) bond motifs is 1. The summed E-state index contributed by atoms with van der Waals surface area (Å²) in [7, 11) is 0. The number of halogens is 2. The largest absolute Gasteiger partial charge is 0.316 e. The number of hydrogen-bond donors (Lipinski definition) is 1. The standard InChI is InChI=1S/C12H13F2N/c13-12(14)10-6-7-15-8-11(10,12)9-4-2-1-3-5-9/h1-5,10,15H,6-8H2/t10-,11+/m0/s1. The van der Waals surface area contributed by atoms with E-state index < -0.39 is 17.3 Å². The summed E-state index contributed by atoms with van der Waals surface area (Å²) in [6.45, 7) is 1.13. The molecule has 0 aromatic heterocycles. The van der Waals surface area contributed by atoms with Crippen molar-refractivity contribution < 1.29 is 8.78 Å². The molecule has 2 aliphatic rings. The minimum Gasteiger partial charge on any atom is -0.316 e. The molecule has 0 unspecified atom stereocenters. The van der Waals surface area contributed by atoms with Crippen molar-refractivity contribution in [2.75, 3.05) is 13.1 Å². The molecule has 1 N–H and O–H groups in total. The molecule has 1 saturated carbocycles. The first-order valence-corrected chi connectivity index (χ1v) is 5.33. The molecule has 0 spiro atoms. The van der Waals surface area contributed by atoms with Crippen LogP contribution in [0.15, 0.2) is 30.3 Å². The zero-order chi connectivity index (χ0) is 10.5. The molecular formula is C12H13F2N.